The van der Waals surface area contributed by atoms with Gasteiger partial charge in [0.15, 0.2) is 0 Å². The van der Waals surface area contributed by atoms with Crippen LogP contribution in [0.15, 0.2) is 36.5 Å². The van der Waals surface area contributed by atoms with E-state index in [0.29, 0.717) is 24.6 Å². The monoisotopic (exact) mass is 369 g/mol. The first-order chi connectivity index (χ1) is 13.8. The van der Waals surface area contributed by atoms with Crippen molar-refractivity contribution in [3.05, 3.63) is 63.7 Å². The fourth-order valence-corrected chi connectivity index (χ4v) is 5.36. The van der Waals surface area contributed by atoms with E-state index in [-0.39, 0.29) is 17.9 Å². The Labute approximate surface area is 159 Å². The van der Waals surface area contributed by atoms with Crippen LogP contribution in [0, 0.1) is 0 Å². The number of hydrogen-bond acceptors (Lipinski definition) is 4. The minimum Gasteiger partial charge on any atom is -0.340 e. The molecule has 1 unspecified atom stereocenters. The van der Waals surface area contributed by atoms with E-state index in [1.807, 2.05) is 24.3 Å². The molecule has 5 aliphatic rings. The number of amides is 2. The van der Waals surface area contributed by atoms with Gasteiger partial charge in [-0.15, -0.1) is 0 Å². The van der Waals surface area contributed by atoms with Crippen molar-refractivity contribution in [3.8, 4) is 0 Å². The van der Waals surface area contributed by atoms with Crippen LogP contribution >= 0.6 is 0 Å². The molecule has 28 heavy (non-hydrogen) atoms. The van der Waals surface area contributed by atoms with E-state index in [2.05, 4.69) is 33.0 Å². The summed E-state index contributed by atoms with van der Waals surface area (Å²) >= 11 is 0. The molecule has 0 saturated carbocycles. The normalized spacial score (nSPS) is 22.9. The highest BCUT2D eigenvalue weighted by Gasteiger charge is 2.42. The topological polar surface area (TPSA) is 63.6 Å². The quantitative estimate of drug-likeness (QED) is 0.699. The molecule has 6 heteroatoms. The molecule has 4 heterocycles. The van der Waals surface area contributed by atoms with Crippen LogP contribution in [-0.2, 0) is 17.9 Å². The average Bonchev–Trinajstić information content (AvgIpc) is 3.25. The van der Waals surface area contributed by atoms with Gasteiger partial charge in [-0.25, -0.2) is 0 Å². The van der Waals surface area contributed by atoms with Crippen molar-refractivity contribution in [1.29, 1.82) is 0 Å². The zero-order chi connectivity index (χ0) is 18.6. The first kappa shape index (κ1) is 14.6. The van der Waals surface area contributed by atoms with Crippen LogP contribution in [0.1, 0.15) is 26.3 Å². The number of allylic oxidation sites excluding steroid dienone is 4. The van der Waals surface area contributed by atoms with Crippen molar-refractivity contribution < 1.29 is 14.3 Å². The van der Waals surface area contributed by atoms with Crippen LogP contribution in [0.3, 0.4) is 0 Å². The Morgan fingerprint density at radius 3 is 2.89 bits per heavy atom. The summed E-state index contributed by atoms with van der Waals surface area (Å²) in [5.74, 6) is -0.598. The number of carbonyl (C=O) groups excluding carboxylic acids is 2. The Morgan fingerprint density at radius 1 is 1.07 bits per heavy atom. The summed E-state index contributed by atoms with van der Waals surface area (Å²) in [6.45, 7) is 0.865. The maximum Gasteiger partial charge on any atom is 0.259 e. The van der Waals surface area contributed by atoms with Gasteiger partial charge in [0.05, 0.1) is 28.4 Å². The van der Waals surface area contributed by atoms with Gasteiger partial charge in [0.1, 0.15) is 13.5 Å². The maximum atomic E-state index is 12.9. The van der Waals surface area contributed by atoms with E-state index in [1.165, 1.54) is 0 Å². The number of hydrogen-bond donors (Lipinski definition) is 1. The highest BCUT2D eigenvalue weighted by molar-refractivity contribution is 6.29. The molecule has 0 spiro atoms. The van der Waals surface area contributed by atoms with Gasteiger partial charge >= 0.3 is 0 Å². The number of aromatic nitrogens is 1. The van der Waals surface area contributed by atoms with Gasteiger partial charge in [-0.1, -0.05) is 36.5 Å². The summed E-state index contributed by atoms with van der Waals surface area (Å²) in [4.78, 5) is 28.0. The van der Waals surface area contributed by atoms with E-state index in [9.17, 15) is 9.59 Å². The second-order valence-corrected chi connectivity index (χ2v) is 7.65. The molecule has 1 atom stereocenters. The second-order valence-electron chi connectivity index (χ2n) is 7.65. The van der Waals surface area contributed by atoms with Gasteiger partial charge < -0.3 is 14.2 Å². The van der Waals surface area contributed by atoms with E-state index in [4.69, 9.17) is 4.74 Å². The lowest BCUT2D eigenvalue weighted by molar-refractivity contribution is 0.0819. The van der Waals surface area contributed by atoms with Crippen LogP contribution < -0.4 is 20.8 Å². The Hall–Kier alpha value is -3.38. The van der Waals surface area contributed by atoms with E-state index in [1.54, 1.807) is 0 Å². The molecule has 1 aromatic carbocycles. The van der Waals surface area contributed by atoms with Gasteiger partial charge in [-0.3, -0.25) is 14.9 Å². The lowest BCUT2D eigenvalue weighted by Gasteiger charge is -2.26. The largest absolute Gasteiger partial charge is 0.340 e. The third-order valence-corrected chi connectivity index (χ3v) is 6.37. The van der Waals surface area contributed by atoms with Crippen molar-refractivity contribution >= 4 is 40.1 Å². The molecule has 6 nitrogen and oxygen atoms in total. The van der Waals surface area contributed by atoms with E-state index in [0.717, 1.165) is 44.7 Å². The SMILES string of the molecule is O=C1NC(=O)c2c1c1c3c4c2c2c(n4COCN3C3C=CC=CC=13)=CC=CC2. The first-order valence-electron chi connectivity index (χ1n) is 9.42. The molecular formula is C22H15N3O3. The number of anilines is 1. The number of rotatable bonds is 0. The Kier molecular flexibility index (Phi) is 2.47. The summed E-state index contributed by atoms with van der Waals surface area (Å²) in [6.07, 6.45) is 15.1. The Bertz CT molecular complexity index is 1390. The van der Waals surface area contributed by atoms with Crippen LogP contribution in [0.4, 0.5) is 5.69 Å². The summed E-state index contributed by atoms with van der Waals surface area (Å²) < 4.78 is 8.21. The predicted molar refractivity (Wildman–Crippen MR) is 104 cm³/mol. The van der Waals surface area contributed by atoms with E-state index < -0.39 is 0 Å². The third-order valence-electron chi connectivity index (χ3n) is 6.37. The van der Waals surface area contributed by atoms with Crippen LogP contribution in [-0.4, -0.2) is 29.2 Å². The molecule has 0 bridgehead atoms. The number of nitrogens with zero attached hydrogens (tertiary/aromatic N) is 2. The van der Waals surface area contributed by atoms with Crippen molar-refractivity contribution in [3.63, 3.8) is 0 Å². The molecule has 3 aliphatic heterocycles. The van der Waals surface area contributed by atoms with Gasteiger partial charge in [0.2, 0.25) is 0 Å². The third kappa shape index (κ3) is 1.48. The molecule has 0 fully saturated rings. The molecule has 136 valence electrons. The van der Waals surface area contributed by atoms with Crippen LogP contribution in [0.25, 0.3) is 22.6 Å². The molecule has 2 aliphatic carbocycles. The van der Waals surface area contributed by atoms with Gasteiger partial charge in [0.25, 0.3) is 11.8 Å². The minimum atomic E-state index is -0.300. The predicted octanol–water partition coefficient (Wildman–Crippen LogP) is 0.828. The van der Waals surface area contributed by atoms with Crippen LogP contribution in [0.2, 0.25) is 0 Å². The fraction of sp³-hybridized carbons (Fsp3) is 0.182. The molecule has 1 aromatic heterocycles. The minimum absolute atomic E-state index is 0.0128. The van der Waals surface area contributed by atoms with Crippen molar-refractivity contribution in [2.24, 2.45) is 0 Å². The number of ether oxygens (including phenoxy) is 1. The van der Waals surface area contributed by atoms with Gasteiger partial charge in [-0.2, -0.15) is 0 Å². The average molecular weight is 369 g/mol. The molecule has 2 amide bonds. The molecule has 0 radical (unpaired) electrons. The zero-order valence-electron chi connectivity index (χ0n) is 14.9. The number of benzene rings is 1. The zero-order valence-corrected chi connectivity index (χ0v) is 14.9. The number of imide groups is 1. The summed E-state index contributed by atoms with van der Waals surface area (Å²) in [7, 11) is 0. The Balaban J connectivity index is 1.82. The number of nitrogens with one attached hydrogen (secondary N) is 1. The highest BCUT2D eigenvalue weighted by atomic mass is 16.5. The highest BCUT2D eigenvalue weighted by Crippen LogP contribution is 2.41. The van der Waals surface area contributed by atoms with Crippen molar-refractivity contribution in [2.75, 3.05) is 11.6 Å². The first-order valence-corrected chi connectivity index (χ1v) is 9.42. The van der Waals surface area contributed by atoms with Crippen LogP contribution in [0.5, 0.6) is 0 Å². The van der Waals surface area contributed by atoms with E-state index >= 15 is 0 Å². The Morgan fingerprint density at radius 2 is 1.96 bits per heavy atom. The lowest BCUT2D eigenvalue weighted by atomic mass is 9.94. The molecule has 1 N–H and O–H groups in total. The molecular weight excluding hydrogens is 354 g/mol. The fourth-order valence-electron chi connectivity index (χ4n) is 5.36. The maximum absolute atomic E-state index is 12.9. The van der Waals surface area contributed by atoms with Gasteiger partial charge in [-0.05, 0) is 23.6 Å². The molecule has 2 aromatic rings. The lowest BCUT2D eigenvalue weighted by Crippen LogP contribution is -2.33. The smallest absolute Gasteiger partial charge is 0.259 e. The molecule has 7 rings (SSSR count). The number of carbonyl (C=O) groups is 2. The number of fused-ring (bicyclic) bond motifs is 8. The van der Waals surface area contributed by atoms with Gasteiger partial charge in [0, 0.05) is 16.0 Å². The second kappa shape index (κ2) is 4.72. The standard InChI is InChI=1S/C22H15N3O3/c26-21-17-15-11-5-1-3-7-13(11)24-9-28-10-25-14-8-4-2-6-12(14)16(20(25)19(15)24)18(17)22(27)23-21/h1-5,7-8,13H,6,9-10H2,(H,23,26,27). The summed E-state index contributed by atoms with van der Waals surface area (Å²) in [5.41, 5.74) is 5.21. The van der Waals surface area contributed by atoms with Crippen molar-refractivity contribution in [2.45, 2.75) is 19.2 Å². The van der Waals surface area contributed by atoms with Crippen molar-refractivity contribution in [1.82, 2.24) is 9.88 Å². The summed E-state index contributed by atoms with van der Waals surface area (Å²) in [6, 6.07) is 0.0128. The molecule has 0 saturated heterocycles. The summed E-state index contributed by atoms with van der Waals surface area (Å²) in [5, 5.41) is 5.39.